The molecule has 1 aromatic heterocycles. The van der Waals surface area contributed by atoms with E-state index in [1.54, 1.807) is 6.20 Å². The van der Waals surface area contributed by atoms with Crippen LogP contribution in [-0.4, -0.2) is 31.1 Å². The van der Waals surface area contributed by atoms with Crippen molar-refractivity contribution in [3.8, 4) is 5.88 Å². The van der Waals surface area contributed by atoms with Gasteiger partial charge < -0.3 is 14.2 Å². The first kappa shape index (κ1) is 9.43. The van der Waals surface area contributed by atoms with Gasteiger partial charge in [0.2, 0.25) is 5.88 Å². The van der Waals surface area contributed by atoms with Crippen molar-refractivity contribution in [2.24, 2.45) is 0 Å². The summed E-state index contributed by atoms with van der Waals surface area (Å²) in [5.74, 6) is 0.631. The van der Waals surface area contributed by atoms with E-state index in [-0.39, 0.29) is 6.10 Å². The lowest BCUT2D eigenvalue weighted by Gasteiger charge is -2.08. The van der Waals surface area contributed by atoms with Gasteiger partial charge >= 0.3 is 0 Å². The molecule has 1 atom stereocenters. The third-order valence-electron chi connectivity index (χ3n) is 1.99. The molecule has 1 unspecified atom stereocenters. The van der Waals surface area contributed by atoms with Crippen LogP contribution in [0.3, 0.4) is 0 Å². The van der Waals surface area contributed by atoms with Gasteiger partial charge in [0.05, 0.1) is 6.61 Å². The first-order chi connectivity index (χ1) is 6.84. The molecule has 2 heterocycles. The van der Waals surface area contributed by atoms with Crippen molar-refractivity contribution in [1.29, 1.82) is 0 Å². The standard InChI is InChI=1S/C10H13NO3/c1-8-2-3-10(11-4-8)13-6-9-5-12-7-14-9/h2-4,9H,5-7H2,1H3. The van der Waals surface area contributed by atoms with Gasteiger partial charge in [-0.05, 0) is 12.5 Å². The van der Waals surface area contributed by atoms with Crippen molar-refractivity contribution >= 4 is 0 Å². The van der Waals surface area contributed by atoms with Gasteiger partial charge in [0.15, 0.2) is 0 Å². The molecule has 0 bridgehead atoms. The zero-order valence-corrected chi connectivity index (χ0v) is 8.10. The van der Waals surface area contributed by atoms with Crippen LogP contribution >= 0.6 is 0 Å². The van der Waals surface area contributed by atoms with Gasteiger partial charge in [-0.25, -0.2) is 4.98 Å². The SMILES string of the molecule is Cc1ccc(OCC2COCO2)nc1. The maximum absolute atomic E-state index is 5.43. The smallest absolute Gasteiger partial charge is 0.213 e. The van der Waals surface area contributed by atoms with Crippen LogP contribution in [0.2, 0.25) is 0 Å². The van der Waals surface area contributed by atoms with E-state index in [2.05, 4.69) is 4.98 Å². The minimum absolute atomic E-state index is 0.0399. The molecule has 1 aliphatic heterocycles. The molecule has 1 fully saturated rings. The summed E-state index contributed by atoms with van der Waals surface area (Å²) in [6, 6.07) is 3.82. The highest BCUT2D eigenvalue weighted by Gasteiger charge is 2.16. The van der Waals surface area contributed by atoms with Crippen LogP contribution in [0.25, 0.3) is 0 Å². The van der Waals surface area contributed by atoms with Crippen LogP contribution < -0.4 is 4.74 Å². The number of rotatable bonds is 3. The highest BCUT2D eigenvalue weighted by atomic mass is 16.7. The quantitative estimate of drug-likeness (QED) is 0.725. The van der Waals surface area contributed by atoms with Crippen LogP contribution in [0.15, 0.2) is 18.3 Å². The van der Waals surface area contributed by atoms with Crippen molar-refractivity contribution < 1.29 is 14.2 Å². The molecule has 0 N–H and O–H groups in total. The molecule has 76 valence electrons. The molecule has 0 radical (unpaired) electrons. The minimum Gasteiger partial charge on any atom is -0.475 e. The Labute approximate surface area is 82.8 Å². The average molecular weight is 195 g/mol. The lowest BCUT2D eigenvalue weighted by Crippen LogP contribution is -2.19. The molecule has 4 nitrogen and oxygen atoms in total. The fourth-order valence-corrected chi connectivity index (χ4v) is 1.19. The molecule has 0 amide bonds. The largest absolute Gasteiger partial charge is 0.475 e. The van der Waals surface area contributed by atoms with Crippen LogP contribution in [0.4, 0.5) is 0 Å². The molecule has 4 heteroatoms. The molecule has 1 aromatic rings. The topological polar surface area (TPSA) is 40.6 Å². The Balaban J connectivity index is 1.82. The fraction of sp³-hybridized carbons (Fsp3) is 0.500. The first-order valence-electron chi connectivity index (χ1n) is 4.59. The Morgan fingerprint density at radius 2 is 2.50 bits per heavy atom. The third kappa shape index (κ3) is 2.43. The van der Waals surface area contributed by atoms with Gasteiger partial charge in [-0.15, -0.1) is 0 Å². The Kier molecular flexibility index (Phi) is 2.96. The van der Waals surface area contributed by atoms with Crippen LogP contribution in [-0.2, 0) is 9.47 Å². The second-order valence-electron chi connectivity index (χ2n) is 3.26. The number of ether oxygens (including phenoxy) is 3. The maximum atomic E-state index is 5.43. The zero-order valence-electron chi connectivity index (χ0n) is 8.10. The molecule has 0 spiro atoms. The Morgan fingerprint density at radius 3 is 3.14 bits per heavy atom. The van der Waals surface area contributed by atoms with E-state index in [0.717, 1.165) is 5.56 Å². The second-order valence-corrected chi connectivity index (χ2v) is 3.26. The molecule has 1 saturated heterocycles. The van der Waals surface area contributed by atoms with Crippen molar-refractivity contribution in [3.05, 3.63) is 23.9 Å². The van der Waals surface area contributed by atoms with Crippen LogP contribution in [0, 0.1) is 6.92 Å². The highest BCUT2D eigenvalue weighted by molar-refractivity contribution is 5.16. The summed E-state index contributed by atoms with van der Waals surface area (Å²) in [5, 5.41) is 0. The van der Waals surface area contributed by atoms with E-state index in [1.807, 2.05) is 19.1 Å². The van der Waals surface area contributed by atoms with Gasteiger partial charge in [0, 0.05) is 12.3 Å². The van der Waals surface area contributed by atoms with Crippen molar-refractivity contribution in [2.45, 2.75) is 13.0 Å². The van der Waals surface area contributed by atoms with E-state index in [9.17, 15) is 0 Å². The first-order valence-corrected chi connectivity index (χ1v) is 4.59. The van der Waals surface area contributed by atoms with Crippen molar-refractivity contribution in [3.63, 3.8) is 0 Å². The summed E-state index contributed by atoms with van der Waals surface area (Å²) in [6.07, 6.45) is 1.82. The Bertz CT molecular complexity index is 280. The van der Waals surface area contributed by atoms with Crippen molar-refractivity contribution in [2.75, 3.05) is 20.0 Å². The van der Waals surface area contributed by atoms with E-state index < -0.39 is 0 Å². The zero-order chi connectivity index (χ0) is 9.80. The Hall–Kier alpha value is -1.13. The summed E-state index contributed by atoms with van der Waals surface area (Å²) >= 11 is 0. The number of nitrogens with zero attached hydrogens (tertiary/aromatic N) is 1. The predicted octanol–water partition coefficient (Wildman–Crippen LogP) is 1.14. The number of aromatic nitrogens is 1. The lowest BCUT2D eigenvalue weighted by molar-refractivity contribution is 0.0314. The van der Waals surface area contributed by atoms with E-state index in [1.165, 1.54) is 0 Å². The van der Waals surface area contributed by atoms with E-state index in [0.29, 0.717) is 25.9 Å². The highest BCUT2D eigenvalue weighted by Crippen LogP contribution is 2.09. The molecule has 0 aliphatic carbocycles. The molecule has 1 aliphatic rings. The summed E-state index contributed by atoms with van der Waals surface area (Å²) in [6.45, 7) is 3.46. The molecule has 14 heavy (non-hydrogen) atoms. The molecular weight excluding hydrogens is 182 g/mol. The van der Waals surface area contributed by atoms with Gasteiger partial charge in [-0.1, -0.05) is 6.07 Å². The monoisotopic (exact) mass is 195 g/mol. The van der Waals surface area contributed by atoms with E-state index >= 15 is 0 Å². The van der Waals surface area contributed by atoms with Crippen LogP contribution in [0.5, 0.6) is 5.88 Å². The Morgan fingerprint density at radius 1 is 1.57 bits per heavy atom. The van der Waals surface area contributed by atoms with Gasteiger partial charge in [0.1, 0.15) is 19.5 Å². The van der Waals surface area contributed by atoms with E-state index in [4.69, 9.17) is 14.2 Å². The lowest BCUT2D eigenvalue weighted by atomic mass is 10.3. The predicted molar refractivity (Wildman–Crippen MR) is 50.2 cm³/mol. The fourth-order valence-electron chi connectivity index (χ4n) is 1.19. The third-order valence-corrected chi connectivity index (χ3v) is 1.99. The summed E-state index contributed by atoms with van der Waals surface area (Å²) in [5.41, 5.74) is 1.12. The summed E-state index contributed by atoms with van der Waals surface area (Å²) in [4.78, 5) is 4.12. The molecule has 2 rings (SSSR count). The minimum atomic E-state index is 0.0399. The number of hydrogen-bond acceptors (Lipinski definition) is 4. The summed E-state index contributed by atoms with van der Waals surface area (Å²) < 4.78 is 15.7. The van der Waals surface area contributed by atoms with Crippen molar-refractivity contribution in [1.82, 2.24) is 4.98 Å². The van der Waals surface area contributed by atoms with Crippen LogP contribution in [0.1, 0.15) is 5.56 Å². The normalized spacial score (nSPS) is 21.1. The molecule has 0 saturated carbocycles. The average Bonchev–Trinajstić information content (AvgIpc) is 2.70. The second kappa shape index (κ2) is 4.39. The maximum Gasteiger partial charge on any atom is 0.213 e. The van der Waals surface area contributed by atoms with Gasteiger partial charge in [-0.2, -0.15) is 0 Å². The van der Waals surface area contributed by atoms with Gasteiger partial charge in [-0.3, -0.25) is 0 Å². The molecular formula is C10H13NO3. The number of hydrogen-bond donors (Lipinski definition) is 0. The summed E-state index contributed by atoms with van der Waals surface area (Å²) in [7, 11) is 0. The van der Waals surface area contributed by atoms with Gasteiger partial charge in [0.25, 0.3) is 0 Å². The molecule has 0 aromatic carbocycles. The number of aryl methyl sites for hydroxylation is 1. The number of pyridine rings is 1.